The van der Waals surface area contributed by atoms with Crippen LogP contribution in [0.3, 0.4) is 0 Å². The third-order valence-electron chi connectivity index (χ3n) is 6.24. The molecule has 2 aromatic rings. The summed E-state index contributed by atoms with van der Waals surface area (Å²) in [4.78, 5) is 20.1. The molecular weight excluding hydrogens is 336 g/mol. The molecule has 1 aromatic heterocycles. The van der Waals surface area contributed by atoms with Crippen LogP contribution in [0.25, 0.3) is 11.0 Å². The Labute approximate surface area is 162 Å². The minimum atomic E-state index is 0.125. The Balaban J connectivity index is 1.53. The van der Waals surface area contributed by atoms with Crippen LogP contribution in [0.5, 0.6) is 0 Å². The van der Waals surface area contributed by atoms with Crippen LogP contribution in [0.1, 0.15) is 70.3 Å². The van der Waals surface area contributed by atoms with Crippen molar-refractivity contribution in [3.05, 3.63) is 30.1 Å². The summed E-state index contributed by atoms with van der Waals surface area (Å²) < 4.78 is 2.33. The fourth-order valence-electron chi connectivity index (χ4n) is 4.82. The highest BCUT2D eigenvalue weighted by atomic mass is 16.2. The van der Waals surface area contributed by atoms with Gasteiger partial charge in [0.2, 0.25) is 5.91 Å². The molecule has 0 aliphatic carbocycles. The Bertz CT molecular complexity index is 791. The maximum absolute atomic E-state index is 13.0. The Morgan fingerprint density at radius 2 is 2.00 bits per heavy atom. The van der Waals surface area contributed by atoms with E-state index in [1.54, 1.807) is 0 Å². The molecule has 1 N–H and O–H groups in total. The van der Waals surface area contributed by atoms with E-state index in [1.807, 2.05) is 6.07 Å². The summed E-state index contributed by atoms with van der Waals surface area (Å²) in [7, 11) is 0. The number of amides is 1. The van der Waals surface area contributed by atoms with Gasteiger partial charge in [-0.05, 0) is 77.1 Å². The summed E-state index contributed by atoms with van der Waals surface area (Å²) in [5.41, 5.74) is 2.21. The van der Waals surface area contributed by atoms with E-state index in [4.69, 9.17) is 4.98 Å². The Morgan fingerprint density at radius 3 is 2.78 bits per heavy atom. The Hall–Kier alpha value is -1.88. The van der Waals surface area contributed by atoms with Gasteiger partial charge in [0.15, 0.2) is 0 Å². The molecule has 0 saturated carbocycles. The number of nitrogens with zero attached hydrogens (tertiary/aromatic N) is 3. The van der Waals surface area contributed by atoms with E-state index in [-0.39, 0.29) is 6.04 Å². The molecule has 2 aliphatic heterocycles. The van der Waals surface area contributed by atoms with E-state index in [2.05, 4.69) is 46.8 Å². The van der Waals surface area contributed by atoms with Crippen molar-refractivity contribution < 1.29 is 4.79 Å². The molecule has 1 unspecified atom stereocenters. The van der Waals surface area contributed by atoms with Gasteiger partial charge >= 0.3 is 0 Å². The van der Waals surface area contributed by atoms with Gasteiger partial charge in [-0.3, -0.25) is 4.79 Å². The van der Waals surface area contributed by atoms with Gasteiger partial charge in [-0.2, -0.15) is 0 Å². The van der Waals surface area contributed by atoms with Crippen LogP contribution >= 0.6 is 0 Å². The van der Waals surface area contributed by atoms with Crippen molar-refractivity contribution in [2.45, 2.75) is 64.5 Å². The van der Waals surface area contributed by atoms with Crippen molar-refractivity contribution in [1.82, 2.24) is 19.8 Å². The number of carbonyl (C=O) groups excluding carboxylic acids is 1. The van der Waals surface area contributed by atoms with Gasteiger partial charge in [-0.1, -0.05) is 12.1 Å². The highest BCUT2D eigenvalue weighted by molar-refractivity contribution is 5.78. The van der Waals surface area contributed by atoms with E-state index in [0.29, 0.717) is 24.3 Å². The zero-order valence-electron chi connectivity index (χ0n) is 16.7. The molecule has 2 fully saturated rings. The number of para-hydroxylation sites is 2. The van der Waals surface area contributed by atoms with Gasteiger partial charge in [0.25, 0.3) is 0 Å². The second kappa shape index (κ2) is 8.01. The summed E-state index contributed by atoms with van der Waals surface area (Å²) in [5.74, 6) is 2.09. The first-order valence-corrected chi connectivity index (χ1v) is 10.6. The number of nitrogens with one attached hydrogen (secondary N) is 1. The predicted molar refractivity (Wildman–Crippen MR) is 109 cm³/mol. The van der Waals surface area contributed by atoms with Gasteiger partial charge in [0, 0.05) is 19.0 Å². The number of carbonyl (C=O) groups is 1. The first-order chi connectivity index (χ1) is 13.1. The lowest BCUT2D eigenvalue weighted by Gasteiger charge is -2.28. The number of aromatic nitrogens is 2. The highest BCUT2D eigenvalue weighted by Crippen LogP contribution is 2.35. The summed E-state index contributed by atoms with van der Waals surface area (Å²) >= 11 is 0. The number of fused-ring (bicyclic) bond motifs is 1. The number of rotatable bonds is 5. The van der Waals surface area contributed by atoms with Gasteiger partial charge in [-0.25, -0.2) is 4.98 Å². The molecule has 1 aromatic carbocycles. The molecule has 3 heterocycles. The third-order valence-corrected chi connectivity index (χ3v) is 6.24. The largest absolute Gasteiger partial charge is 0.333 e. The van der Waals surface area contributed by atoms with E-state index in [9.17, 15) is 4.79 Å². The second-order valence-corrected chi connectivity index (χ2v) is 8.40. The number of imidazole rings is 1. The summed E-state index contributed by atoms with van der Waals surface area (Å²) in [6, 6.07) is 8.80. The van der Waals surface area contributed by atoms with Crippen molar-refractivity contribution in [3.8, 4) is 0 Å². The van der Waals surface area contributed by atoms with E-state index >= 15 is 0 Å². The zero-order chi connectivity index (χ0) is 18.8. The molecule has 1 atom stereocenters. The predicted octanol–water partition coefficient (Wildman–Crippen LogP) is 4.06. The Morgan fingerprint density at radius 1 is 1.22 bits per heavy atom. The van der Waals surface area contributed by atoms with Crippen molar-refractivity contribution in [2.75, 3.05) is 19.6 Å². The van der Waals surface area contributed by atoms with Crippen molar-refractivity contribution in [1.29, 1.82) is 0 Å². The monoisotopic (exact) mass is 368 g/mol. The lowest BCUT2D eigenvalue weighted by atomic mass is 9.93. The number of piperidine rings is 1. The van der Waals surface area contributed by atoms with Crippen LogP contribution in [-0.2, 0) is 4.79 Å². The number of hydrogen-bond acceptors (Lipinski definition) is 3. The van der Waals surface area contributed by atoms with Gasteiger partial charge in [-0.15, -0.1) is 0 Å². The van der Waals surface area contributed by atoms with Crippen LogP contribution in [0.4, 0.5) is 0 Å². The number of hydrogen-bond donors (Lipinski definition) is 1. The average Bonchev–Trinajstić information content (AvgIpc) is 3.31. The summed E-state index contributed by atoms with van der Waals surface area (Å²) in [6.07, 6.45) is 6.23. The fourth-order valence-corrected chi connectivity index (χ4v) is 4.82. The van der Waals surface area contributed by atoms with Crippen molar-refractivity contribution in [2.24, 2.45) is 5.92 Å². The molecule has 0 spiro atoms. The molecule has 5 heteroatoms. The van der Waals surface area contributed by atoms with Gasteiger partial charge in [0.1, 0.15) is 5.82 Å². The molecule has 1 amide bonds. The lowest BCUT2D eigenvalue weighted by molar-refractivity contribution is -0.132. The molecule has 5 nitrogen and oxygen atoms in total. The molecular formula is C22H32N4O. The highest BCUT2D eigenvalue weighted by Gasteiger charge is 2.34. The fraction of sp³-hybridized carbons (Fsp3) is 0.636. The van der Waals surface area contributed by atoms with E-state index in [1.165, 1.54) is 18.4 Å². The van der Waals surface area contributed by atoms with Crippen molar-refractivity contribution in [3.63, 3.8) is 0 Å². The van der Waals surface area contributed by atoms with E-state index in [0.717, 1.165) is 50.2 Å². The molecule has 2 aliphatic rings. The summed E-state index contributed by atoms with van der Waals surface area (Å²) in [6.45, 7) is 7.48. The molecule has 146 valence electrons. The molecule has 0 bridgehead atoms. The van der Waals surface area contributed by atoms with Crippen LogP contribution in [0.2, 0.25) is 0 Å². The SMILES string of the molecule is CC(C)n1c(C2CCCN2C(=O)CCC2CCNCC2)nc2ccccc21. The number of benzene rings is 1. The topological polar surface area (TPSA) is 50.2 Å². The zero-order valence-corrected chi connectivity index (χ0v) is 16.7. The first kappa shape index (κ1) is 18.5. The smallest absolute Gasteiger partial charge is 0.223 e. The third kappa shape index (κ3) is 3.75. The van der Waals surface area contributed by atoms with E-state index < -0.39 is 0 Å². The molecule has 2 saturated heterocycles. The molecule has 27 heavy (non-hydrogen) atoms. The maximum Gasteiger partial charge on any atom is 0.223 e. The quantitative estimate of drug-likeness (QED) is 0.866. The minimum absolute atomic E-state index is 0.125. The minimum Gasteiger partial charge on any atom is -0.333 e. The molecule has 4 rings (SSSR count). The van der Waals surface area contributed by atoms with Crippen LogP contribution in [0, 0.1) is 5.92 Å². The van der Waals surface area contributed by atoms with Gasteiger partial charge in [0.05, 0.1) is 17.1 Å². The standard InChI is InChI=1S/C22H32N4O/c1-16(2)26-19-7-4-3-6-18(19)24-22(26)20-8-5-15-25(20)21(27)10-9-17-11-13-23-14-12-17/h3-4,6-7,16-17,20,23H,5,8-15H2,1-2H3. The molecule has 0 radical (unpaired) electrons. The summed E-state index contributed by atoms with van der Waals surface area (Å²) in [5, 5.41) is 3.41. The van der Waals surface area contributed by atoms with Crippen LogP contribution in [-0.4, -0.2) is 40.0 Å². The van der Waals surface area contributed by atoms with Gasteiger partial charge < -0.3 is 14.8 Å². The maximum atomic E-state index is 13.0. The van der Waals surface area contributed by atoms with Crippen LogP contribution < -0.4 is 5.32 Å². The average molecular weight is 369 g/mol. The Kier molecular flexibility index (Phi) is 5.48. The van der Waals surface area contributed by atoms with Crippen molar-refractivity contribution >= 4 is 16.9 Å². The second-order valence-electron chi connectivity index (χ2n) is 8.40. The first-order valence-electron chi connectivity index (χ1n) is 10.6. The lowest BCUT2D eigenvalue weighted by Crippen LogP contribution is -2.33. The number of likely N-dealkylation sites (tertiary alicyclic amines) is 1. The van der Waals surface area contributed by atoms with Crippen LogP contribution in [0.15, 0.2) is 24.3 Å². The normalized spacial score (nSPS) is 21.4.